The molecule has 5 rings (SSSR count). The van der Waals surface area contributed by atoms with E-state index in [2.05, 4.69) is 93.2 Å². The molecule has 0 aromatic heterocycles. The molecule has 5 nitrogen and oxygen atoms in total. The number of ether oxygens (including phenoxy) is 1. The molecule has 0 N–H and O–H groups in total. The molecule has 0 saturated carbocycles. The van der Waals surface area contributed by atoms with Crippen molar-refractivity contribution >= 4 is 48.7 Å². The Labute approximate surface area is 227 Å². The molecule has 3 aromatic carbocycles. The molecule has 0 spiro atoms. The first kappa shape index (κ1) is 25.9. The van der Waals surface area contributed by atoms with Gasteiger partial charge in [-0.1, -0.05) is 0 Å². The first-order valence-corrected chi connectivity index (χ1v) is 17.4. The number of amides is 2. The molecule has 2 aliphatic rings. The van der Waals surface area contributed by atoms with Crippen LogP contribution >= 0.6 is 20.8 Å². The third-order valence-electron chi connectivity index (χ3n) is 8.01. The topological polar surface area (TPSA) is 49.9 Å². The van der Waals surface area contributed by atoms with Crippen molar-refractivity contribution in [2.75, 3.05) is 26.2 Å². The first-order chi connectivity index (χ1) is 18.0. The zero-order chi connectivity index (χ0) is 25.9. The van der Waals surface area contributed by atoms with Gasteiger partial charge in [-0.15, -0.1) is 0 Å². The monoisotopic (exact) mass is 580 g/mol. The van der Waals surface area contributed by atoms with Gasteiger partial charge in [0.1, 0.15) is 0 Å². The summed E-state index contributed by atoms with van der Waals surface area (Å²) < 4.78 is 5.19. The molecule has 1 unspecified atom stereocenters. The molecule has 2 aliphatic heterocycles. The minimum atomic E-state index is -3.39. The minimum absolute atomic E-state index is 0.131. The Morgan fingerprint density at radius 1 is 0.811 bits per heavy atom. The van der Waals surface area contributed by atoms with Crippen LogP contribution in [0.25, 0.3) is 0 Å². The van der Waals surface area contributed by atoms with Gasteiger partial charge in [0.15, 0.2) is 0 Å². The number of carbonyl (C=O) groups excluding carboxylic acids is 2. The molecule has 2 heterocycles. The molecule has 3 aromatic rings. The molecule has 37 heavy (non-hydrogen) atoms. The third-order valence-corrected chi connectivity index (χ3v) is 18.8. The molecule has 0 bridgehead atoms. The second kappa shape index (κ2) is 10.6. The van der Waals surface area contributed by atoms with Gasteiger partial charge in [0.25, 0.3) is 0 Å². The molecule has 2 saturated heterocycles. The average Bonchev–Trinajstić information content (AvgIpc) is 3.36. The van der Waals surface area contributed by atoms with Gasteiger partial charge in [0.2, 0.25) is 0 Å². The average molecular weight is 581 g/mol. The van der Waals surface area contributed by atoms with Gasteiger partial charge in [0.05, 0.1) is 0 Å². The molecule has 0 radical (unpaired) electrons. The predicted octanol–water partition coefficient (Wildman–Crippen LogP) is 5.05. The van der Waals surface area contributed by atoms with Gasteiger partial charge in [-0.05, 0) is 0 Å². The van der Waals surface area contributed by atoms with Crippen LogP contribution in [0.5, 0.6) is 0 Å². The summed E-state index contributed by atoms with van der Waals surface area (Å²) in [4.78, 5) is 30.6. The predicted molar refractivity (Wildman–Crippen MR) is 156 cm³/mol. The Bertz CT molecular complexity index is 1130. The number of halogens is 1. The van der Waals surface area contributed by atoms with Crippen LogP contribution in [0.1, 0.15) is 26.2 Å². The second-order valence-electron chi connectivity index (χ2n) is 9.83. The van der Waals surface area contributed by atoms with Crippen LogP contribution in [0.15, 0.2) is 91.0 Å². The van der Waals surface area contributed by atoms with E-state index in [1.165, 1.54) is 15.9 Å². The van der Waals surface area contributed by atoms with E-state index in [0.29, 0.717) is 19.7 Å². The molecular weight excluding hydrogens is 547 g/mol. The van der Waals surface area contributed by atoms with Crippen molar-refractivity contribution in [3.05, 3.63) is 91.0 Å². The first-order valence-electron chi connectivity index (χ1n) is 13.1. The number of rotatable bonds is 6. The van der Waals surface area contributed by atoms with Crippen molar-refractivity contribution in [2.45, 2.75) is 37.9 Å². The summed E-state index contributed by atoms with van der Waals surface area (Å²) in [5.41, 5.74) is -0.221. The summed E-state index contributed by atoms with van der Waals surface area (Å²) >= 11 is 4.50. The van der Waals surface area contributed by atoms with E-state index in [1.54, 1.807) is 4.90 Å². The van der Waals surface area contributed by atoms with Gasteiger partial charge in [-0.25, -0.2) is 0 Å². The molecule has 2 amide bonds. The quantitative estimate of drug-likeness (QED) is 0.383. The number of piperidine rings is 1. The van der Waals surface area contributed by atoms with Gasteiger partial charge in [0, 0.05) is 0 Å². The normalized spacial score (nSPS) is 19.9. The molecule has 7 heteroatoms. The van der Waals surface area contributed by atoms with E-state index in [9.17, 15) is 9.59 Å². The van der Waals surface area contributed by atoms with Crippen LogP contribution < -0.4 is 15.9 Å². The van der Waals surface area contributed by atoms with Crippen LogP contribution in [-0.4, -0.2) is 59.7 Å². The van der Waals surface area contributed by atoms with E-state index >= 15 is 0 Å². The molecule has 0 aliphatic carbocycles. The van der Waals surface area contributed by atoms with Crippen molar-refractivity contribution in [1.29, 1.82) is 0 Å². The Balaban J connectivity index is 1.56. The van der Waals surface area contributed by atoms with E-state index in [-0.39, 0.29) is 23.7 Å². The van der Waals surface area contributed by atoms with Gasteiger partial charge < -0.3 is 0 Å². The van der Waals surface area contributed by atoms with Gasteiger partial charge in [-0.3, -0.25) is 0 Å². The summed E-state index contributed by atoms with van der Waals surface area (Å²) in [6.45, 7) is 4.16. The van der Waals surface area contributed by atoms with E-state index in [0.717, 1.165) is 25.8 Å². The number of carbonyl (C=O) groups is 2. The fraction of sp³-hybridized carbons (Fsp3) is 0.333. The second-order valence-corrected chi connectivity index (χ2v) is 18.6. The maximum atomic E-state index is 14.5. The number of hydrogen-bond donors (Lipinski definition) is 0. The fourth-order valence-electron chi connectivity index (χ4n) is 6.22. The van der Waals surface area contributed by atoms with Crippen LogP contribution in [0.4, 0.5) is 4.79 Å². The van der Waals surface area contributed by atoms with Gasteiger partial charge >= 0.3 is 228 Å². The van der Waals surface area contributed by atoms with Crippen molar-refractivity contribution in [2.24, 2.45) is 0 Å². The Morgan fingerprint density at radius 3 is 1.70 bits per heavy atom. The van der Waals surface area contributed by atoms with Crippen LogP contribution in [-0.2, 0) is 9.53 Å². The fourth-order valence-corrected chi connectivity index (χ4v) is 14.9. The third kappa shape index (κ3) is 4.28. The van der Waals surface area contributed by atoms with Crippen LogP contribution in [0.3, 0.4) is 0 Å². The van der Waals surface area contributed by atoms with Crippen molar-refractivity contribution in [1.82, 2.24) is 9.80 Å². The Kier molecular flexibility index (Phi) is 7.42. The van der Waals surface area contributed by atoms with Crippen LogP contribution in [0.2, 0.25) is 0 Å². The molecule has 1 atom stereocenters. The van der Waals surface area contributed by atoms with Gasteiger partial charge in [-0.2, -0.15) is 0 Å². The van der Waals surface area contributed by atoms with E-state index < -0.39 is 5.31 Å². The number of likely N-dealkylation sites (tertiary alicyclic amines) is 2. The summed E-state index contributed by atoms with van der Waals surface area (Å²) in [6, 6.07) is 31.8. The molecule has 194 valence electrons. The summed E-state index contributed by atoms with van der Waals surface area (Å²) in [5.74, 6) is 0.209. The molecular formula is C30H34BrN2O3P. The zero-order valence-electron chi connectivity index (χ0n) is 21.2. The Hall–Kier alpha value is -2.69. The van der Waals surface area contributed by atoms with Crippen LogP contribution in [0, 0.1) is 0 Å². The number of hydrogen-bond acceptors (Lipinski definition) is 3. The zero-order valence-corrected chi connectivity index (χ0v) is 23.7. The summed E-state index contributed by atoms with van der Waals surface area (Å²) in [5, 5.41) is 0.117. The standard InChI is InChI=1S/C30H34BrN2O3P/c1-2-36-30(35)32-21-18-24(19-22-32)33-23-20-28(29(33)34)37(31,25-12-6-3-7-13-25,26-14-8-4-9-15-26)27-16-10-5-11-17-27/h3-17,24,28H,2,18-23H2,1H3. The van der Waals surface area contributed by atoms with Crippen molar-refractivity contribution in [3.8, 4) is 0 Å². The van der Waals surface area contributed by atoms with Crippen molar-refractivity contribution in [3.63, 3.8) is 0 Å². The maximum absolute atomic E-state index is 14.5. The Morgan fingerprint density at radius 2 is 1.27 bits per heavy atom. The summed E-state index contributed by atoms with van der Waals surface area (Å²) in [6.07, 6.45) is 2.07. The van der Waals surface area contributed by atoms with E-state index in [4.69, 9.17) is 4.74 Å². The summed E-state index contributed by atoms with van der Waals surface area (Å²) in [7, 11) is 0. The number of benzene rings is 3. The molecule has 2 fully saturated rings. The van der Waals surface area contributed by atoms with Crippen molar-refractivity contribution < 1.29 is 14.3 Å². The number of nitrogens with zero attached hydrogens (tertiary/aromatic N) is 2. The SMILES string of the molecule is CCOC(=O)N1CCC(N2CCC(P(Br)(c3ccccc3)(c3ccccc3)c3ccccc3)C2=O)CC1. The van der Waals surface area contributed by atoms with E-state index in [1.807, 2.05) is 25.1 Å².